The van der Waals surface area contributed by atoms with E-state index in [0.29, 0.717) is 30.8 Å². The van der Waals surface area contributed by atoms with Gasteiger partial charge in [-0.1, -0.05) is 31.4 Å². The molecule has 1 aliphatic carbocycles. The van der Waals surface area contributed by atoms with Gasteiger partial charge in [0.2, 0.25) is 5.91 Å². The maximum atomic E-state index is 13.0. The van der Waals surface area contributed by atoms with Gasteiger partial charge in [-0.25, -0.2) is 4.79 Å². The summed E-state index contributed by atoms with van der Waals surface area (Å²) in [6.45, 7) is 2.96. The second-order valence-electron chi connectivity index (χ2n) is 9.82. The standard InChI is InChI=1S/C26H39N3O4/c1-32-23-10-6-7-19(25(23)33-2)11-14-28-15-13-21-18-29(16-12-20(21)17-24(28)30)26(31)27-22-8-4-3-5-9-22/h6-7,10,20-22H,3-5,8-9,11-18H2,1-2H3,(H,27,31)/t20-,21+/m0/s1. The molecule has 1 aromatic rings. The van der Waals surface area contributed by atoms with Crippen molar-refractivity contribution in [1.82, 2.24) is 15.1 Å². The number of rotatable bonds is 6. The summed E-state index contributed by atoms with van der Waals surface area (Å²) in [6.07, 6.45) is 9.14. The lowest BCUT2D eigenvalue weighted by Gasteiger charge is -2.38. The number of amides is 3. The van der Waals surface area contributed by atoms with Gasteiger partial charge in [0.05, 0.1) is 14.2 Å². The third-order valence-electron chi connectivity index (χ3n) is 7.81. The molecule has 7 heteroatoms. The zero-order valence-corrected chi connectivity index (χ0v) is 20.2. The molecular formula is C26H39N3O4. The van der Waals surface area contributed by atoms with Crippen molar-refractivity contribution in [3.05, 3.63) is 23.8 Å². The van der Waals surface area contributed by atoms with Gasteiger partial charge in [-0.05, 0) is 55.6 Å². The molecule has 2 atom stereocenters. The van der Waals surface area contributed by atoms with Crippen LogP contribution >= 0.6 is 0 Å². The predicted octanol–water partition coefficient (Wildman–Crippen LogP) is 3.85. The molecule has 0 aromatic heterocycles. The summed E-state index contributed by atoms with van der Waals surface area (Å²) in [5.74, 6) is 2.48. The maximum absolute atomic E-state index is 13.0. The Labute approximate surface area is 197 Å². The van der Waals surface area contributed by atoms with E-state index in [0.717, 1.165) is 68.8 Å². The number of ether oxygens (including phenoxy) is 2. The lowest BCUT2D eigenvalue weighted by atomic mass is 9.82. The van der Waals surface area contributed by atoms with Crippen LogP contribution in [0.1, 0.15) is 56.9 Å². The molecule has 182 valence electrons. The number of carbonyl (C=O) groups is 2. The molecule has 1 N–H and O–H groups in total. The number of nitrogens with one attached hydrogen (secondary N) is 1. The summed E-state index contributed by atoms with van der Waals surface area (Å²) in [5.41, 5.74) is 1.05. The fourth-order valence-corrected chi connectivity index (χ4v) is 5.82. The van der Waals surface area contributed by atoms with E-state index < -0.39 is 0 Å². The topological polar surface area (TPSA) is 71.1 Å². The number of methoxy groups -OCH3 is 2. The van der Waals surface area contributed by atoms with Crippen LogP contribution in [-0.2, 0) is 11.2 Å². The van der Waals surface area contributed by atoms with Crippen LogP contribution in [0.5, 0.6) is 11.5 Å². The van der Waals surface area contributed by atoms with Crippen molar-refractivity contribution in [3.8, 4) is 11.5 Å². The molecule has 2 saturated heterocycles. The van der Waals surface area contributed by atoms with E-state index in [1.807, 2.05) is 28.0 Å². The van der Waals surface area contributed by atoms with Gasteiger partial charge in [0.15, 0.2) is 11.5 Å². The first-order valence-electron chi connectivity index (χ1n) is 12.6. The average molecular weight is 458 g/mol. The summed E-state index contributed by atoms with van der Waals surface area (Å²) in [5, 5.41) is 3.26. The maximum Gasteiger partial charge on any atom is 0.317 e. The highest BCUT2D eigenvalue weighted by Gasteiger charge is 2.36. The summed E-state index contributed by atoms with van der Waals surface area (Å²) < 4.78 is 11.0. The molecule has 1 saturated carbocycles. The van der Waals surface area contributed by atoms with Gasteiger partial charge in [0.1, 0.15) is 0 Å². The molecule has 33 heavy (non-hydrogen) atoms. The highest BCUT2D eigenvalue weighted by atomic mass is 16.5. The van der Waals surface area contributed by atoms with Crippen molar-refractivity contribution in [3.63, 3.8) is 0 Å². The van der Waals surface area contributed by atoms with Crippen LogP contribution in [0.4, 0.5) is 4.79 Å². The number of carbonyl (C=O) groups excluding carboxylic acids is 2. The Balaban J connectivity index is 1.32. The van der Waals surface area contributed by atoms with Crippen molar-refractivity contribution in [1.29, 1.82) is 0 Å². The number of urea groups is 1. The van der Waals surface area contributed by atoms with E-state index in [1.54, 1.807) is 14.2 Å². The van der Waals surface area contributed by atoms with Crippen molar-refractivity contribution in [2.45, 2.75) is 63.8 Å². The first kappa shape index (κ1) is 23.7. The molecule has 0 unspecified atom stereocenters. The minimum Gasteiger partial charge on any atom is -0.493 e. The van der Waals surface area contributed by atoms with E-state index in [1.165, 1.54) is 19.3 Å². The zero-order valence-electron chi connectivity index (χ0n) is 20.2. The second-order valence-corrected chi connectivity index (χ2v) is 9.82. The van der Waals surface area contributed by atoms with E-state index in [9.17, 15) is 9.59 Å². The molecule has 7 nitrogen and oxygen atoms in total. The van der Waals surface area contributed by atoms with Gasteiger partial charge in [-0.15, -0.1) is 0 Å². The van der Waals surface area contributed by atoms with Gasteiger partial charge in [-0.2, -0.15) is 0 Å². The largest absolute Gasteiger partial charge is 0.493 e. The van der Waals surface area contributed by atoms with Crippen LogP contribution in [-0.4, -0.2) is 68.2 Å². The Bertz CT molecular complexity index is 824. The number of hydrogen-bond donors (Lipinski definition) is 1. The van der Waals surface area contributed by atoms with Crippen molar-refractivity contribution < 1.29 is 19.1 Å². The van der Waals surface area contributed by atoms with Gasteiger partial charge < -0.3 is 24.6 Å². The molecule has 1 aromatic carbocycles. The van der Waals surface area contributed by atoms with Crippen LogP contribution in [0, 0.1) is 11.8 Å². The molecule has 0 bridgehead atoms. The highest BCUT2D eigenvalue weighted by Crippen LogP contribution is 2.34. The summed E-state index contributed by atoms with van der Waals surface area (Å²) in [6, 6.07) is 6.32. The Kier molecular flexibility index (Phi) is 7.99. The minimum atomic E-state index is 0.0953. The molecule has 4 rings (SSSR count). The van der Waals surface area contributed by atoms with Crippen LogP contribution in [0.3, 0.4) is 0 Å². The Morgan fingerprint density at radius 3 is 2.58 bits per heavy atom. The number of nitrogens with zero attached hydrogens (tertiary/aromatic N) is 2. The van der Waals surface area contributed by atoms with Crippen LogP contribution in [0.2, 0.25) is 0 Å². The fourth-order valence-electron chi connectivity index (χ4n) is 5.82. The van der Waals surface area contributed by atoms with Crippen LogP contribution in [0.15, 0.2) is 18.2 Å². The third kappa shape index (κ3) is 5.74. The van der Waals surface area contributed by atoms with Crippen LogP contribution in [0.25, 0.3) is 0 Å². The summed E-state index contributed by atoms with van der Waals surface area (Å²) >= 11 is 0. The smallest absolute Gasteiger partial charge is 0.317 e. The van der Waals surface area contributed by atoms with Gasteiger partial charge in [0.25, 0.3) is 0 Å². The number of piperidine rings is 1. The molecule has 2 aliphatic heterocycles. The molecule has 3 aliphatic rings. The zero-order chi connectivity index (χ0) is 23.2. The molecule has 3 fully saturated rings. The second kappa shape index (κ2) is 11.1. The number of para-hydroxylation sites is 1. The molecule has 3 amide bonds. The van der Waals surface area contributed by atoms with E-state index in [2.05, 4.69) is 5.32 Å². The Morgan fingerprint density at radius 1 is 1.03 bits per heavy atom. The van der Waals surface area contributed by atoms with Crippen molar-refractivity contribution in [2.24, 2.45) is 11.8 Å². The lowest BCUT2D eigenvalue weighted by Crippen LogP contribution is -2.50. The minimum absolute atomic E-state index is 0.0953. The first-order chi connectivity index (χ1) is 16.1. The molecule has 0 spiro atoms. The van der Waals surface area contributed by atoms with Gasteiger partial charge >= 0.3 is 6.03 Å². The Morgan fingerprint density at radius 2 is 1.82 bits per heavy atom. The fraction of sp³-hybridized carbons (Fsp3) is 0.692. The number of likely N-dealkylation sites (tertiary alicyclic amines) is 2. The number of benzene rings is 1. The van der Waals surface area contributed by atoms with Crippen molar-refractivity contribution in [2.75, 3.05) is 40.4 Å². The summed E-state index contributed by atoms with van der Waals surface area (Å²) in [4.78, 5) is 29.9. The highest BCUT2D eigenvalue weighted by molar-refractivity contribution is 5.77. The van der Waals surface area contributed by atoms with Crippen LogP contribution < -0.4 is 14.8 Å². The number of hydrogen-bond acceptors (Lipinski definition) is 4. The summed E-state index contributed by atoms with van der Waals surface area (Å²) in [7, 11) is 3.29. The van der Waals surface area contributed by atoms with Crippen molar-refractivity contribution >= 4 is 11.9 Å². The SMILES string of the molecule is COc1cccc(CCN2CC[C@@H]3CN(C(=O)NC4CCCCC4)CC[C@H]3CC2=O)c1OC. The normalized spacial score (nSPS) is 24.1. The molecular weight excluding hydrogens is 418 g/mol. The monoisotopic (exact) mass is 457 g/mol. The van der Waals surface area contributed by atoms with E-state index in [4.69, 9.17) is 9.47 Å². The van der Waals surface area contributed by atoms with Gasteiger partial charge in [0, 0.05) is 38.6 Å². The number of fused-ring (bicyclic) bond motifs is 1. The quantitative estimate of drug-likeness (QED) is 0.704. The molecule has 0 radical (unpaired) electrons. The Hall–Kier alpha value is -2.44. The van der Waals surface area contributed by atoms with E-state index >= 15 is 0 Å². The van der Waals surface area contributed by atoms with Gasteiger partial charge in [-0.3, -0.25) is 4.79 Å². The average Bonchev–Trinajstić information content (AvgIpc) is 3.00. The third-order valence-corrected chi connectivity index (χ3v) is 7.81. The lowest BCUT2D eigenvalue weighted by molar-refractivity contribution is -0.131. The molecule has 2 heterocycles. The van der Waals surface area contributed by atoms with E-state index in [-0.39, 0.29) is 11.9 Å². The first-order valence-corrected chi connectivity index (χ1v) is 12.6. The predicted molar refractivity (Wildman–Crippen MR) is 128 cm³/mol.